The molecule has 0 aliphatic carbocycles. The van der Waals surface area contributed by atoms with E-state index in [4.69, 9.17) is 21.3 Å². The molecule has 3 aliphatic heterocycles. The average molecular weight is 609 g/mol. The molecular weight excluding hydrogens is 575 g/mol. The van der Waals surface area contributed by atoms with Crippen LogP contribution in [-0.4, -0.2) is 60.8 Å². The number of rotatable bonds is 7. The number of halogens is 2. The van der Waals surface area contributed by atoms with Crippen molar-refractivity contribution in [3.8, 4) is 29.1 Å². The lowest BCUT2D eigenvalue weighted by atomic mass is 9.95. The zero-order valence-electron chi connectivity index (χ0n) is 24.6. The maximum atomic E-state index is 14.6. The van der Waals surface area contributed by atoms with Crippen LogP contribution in [-0.2, 0) is 6.42 Å². The summed E-state index contributed by atoms with van der Waals surface area (Å²) in [5, 5.41) is 25.4. The summed E-state index contributed by atoms with van der Waals surface area (Å²) < 4.78 is 21.3. The summed E-state index contributed by atoms with van der Waals surface area (Å²) in [4.78, 5) is 9.93. The number of nitrogens with zero attached hydrogens (tertiary/aromatic N) is 5. The molecule has 7 rings (SSSR count). The summed E-state index contributed by atoms with van der Waals surface area (Å²) in [5.74, 6) is 0.0409. The molecule has 3 aromatic carbocycles. The predicted octanol–water partition coefficient (Wildman–Crippen LogP) is 6.61. The van der Waals surface area contributed by atoms with Gasteiger partial charge in [-0.2, -0.15) is 10.5 Å². The van der Waals surface area contributed by atoms with Crippen molar-refractivity contribution in [2.75, 3.05) is 44.2 Å². The van der Waals surface area contributed by atoms with Gasteiger partial charge in [0.25, 0.3) is 0 Å². The van der Waals surface area contributed by atoms with Crippen molar-refractivity contribution in [3.63, 3.8) is 0 Å². The molecule has 3 saturated heterocycles. The molecular formula is C35H34ClFN6O. The first-order chi connectivity index (χ1) is 21.5. The van der Waals surface area contributed by atoms with Crippen LogP contribution in [0.15, 0.2) is 48.5 Å². The normalized spacial score (nSPS) is 19.6. The van der Waals surface area contributed by atoms with Crippen molar-refractivity contribution in [1.29, 1.82) is 10.5 Å². The fourth-order valence-electron chi connectivity index (χ4n) is 7.64. The van der Waals surface area contributed by atoms with E-state index < -0.39 is 5.82 Å². The second kappa shape index (κ2) is 11.9. The Labute approximate surface area is 261 Å². The van der Waals surface area contributed by atoms with Crippen LogP contribution < -0.4 is 15.0 Å². The van der Waals surface area contributed by atoms with E-state index in [-0.39, 0.29) is 23.0 Å². The van der Waals surface area contributed by atoms with Gasteiger partial charge in [0.05, 0.1) is 52.3 Å². The molecule has 0 saturated carbocycles. The minimum Gasteiger partial charge on any atom is -0.475 e. The van der Waals surface area contributed by atoms with Crippen LogP contribution in [0.1, 0.15) is 37.7 Å². The van der Waals surface area contributed by atoms with E-state index in [1.165, 1.54) is 18.9 Å². The Balaban J connectivity index is 1.39. The fourth-order valence-corrected chi connectivity index (χ4v) is 7.91. The maximum Gasteiger partial charge on any atom is 0.220 e. The van der Waals surface area contributed by atoms with Crippen molar-refractivity contribution < 1.29 is 9.13 Å². The number of anilines is 1. The summed E-state index contributed by atoms with van der Waals surface area (Å²) in [7, 11) is 0. The zero-order chi connectivity index (χ0) is 30.3. The van der Waals surface area contributed by atoms with E-state index in [0.29, 0.717) is 30.8 Å². The molecule has 224 valence electrons. The quantitative estimate of drug-likeness (QED) is 0.252. The van der Waals surface area contributed by atoms with E-state index in [9.17, 15) is 14.9 Å². The van der Waals surface area contributed by atoms with Gasteiger partial charge < -0.3 is 15.0 Å². The SMILES string of the molecule is N#CCc1c(OCC23CCCN2CCC3)nc2cc(-c3cccc4ccc(F)c(Cl)c34)ccc2c1N1CCN[C@@H](CC#N)C1. The largest absolute Gasteiger partial charge is 0.475 e. The lowest BCUT2D eigenvalue weighted by Gasteiger charge is -2.37. The second-order valence-corrected chi connectivity index (χ2v) is 12.6. The van der Waals surface area contributed by atoms with E-state index >= 15 is 0 Å². The molecule has 3 fully saturated rings. The smallest absolute Gasteiger partial charge is 0.220 e. The first-order valence-corrected chi connectivity index (χ1v) is 15.8. The van der Waals surface area contributed by atoms with Crippen molar-refractivity contribution in [2.24, 2.45) is 0 Å². The Kier molecular flexibility index (Phi) is 7.76. The van der Waals surface area contributed by atoms with Gasteiger partial charge in [-0.25, -0.2) is 9.37 Å². The molecule has 1 aromatic heterocycles. The predicted molar refractivity (Wildman–Crippen MR) is 171 cm³/mol. The van der Waals surface area contributed by atoms with Crippen LogP contribution in [0.4, 0.5) is 10.1 Å². The molecule has 3 aliphatic rings. The summed E-state index contributed by atoms with van der Waals surface area (Å²) in [6.07, 6.45) is 5.12. The third kappa shape index (κ3) is 5.02. The number of nitriles is 2. The van der Waals surface area contributed by atoms with Gasteiger partial charge in [0.15, 0.2) is 0 Å². The lowest BCUT2D eigenvalue weighted by Crippen LogP contribution is -2.51. The fraction of sp³-hybridized carbons (Fsp3) is 0.400. The number of hydrogen-bond donors (Lipinski definition) is 1. The third-order valence-electron chi connectivity index (χ3n) is 9.72. The number of hydrogen-bond acceptors (Lipinski definition) is 7. The Morgan fingerprint density at radius 2 is 1.91 bits per heavy atom. The highest BCUT2D eigenvalue weighted by Gasteiger charge is 2.45. The summed E-state index contributed by atoms with van der Waals surface area (Å²) in [6, 6.07) is 19.7. The van der Waals surface area contributed by atoms with Gasteiger partial charge in [-0.05, 0) is 67.4 Å². The molecule has 0 spiro atoms. The molecule has 0 amide bonds. The summed E-state index contributed by atoms with van der Waals surface area (Å²) in [5.41, 5.74) is 4.19. The van der Waals surface area contributed by atoms with Crippen LogP contribution in [0.2, 0.25) is 5.02 Å². The van der Waals surface area contributed by atoms with Gasteiger partial charge in [0, 0.05) is 36.4 Å². The minimum absolute atomic E-state index is 0.0210. The zero-order valence-corrected chi connectivity index (χ0v) is 25.3. The molecule has 4 aromatic rings. The summed E-state index contributed by atoms with van der Waals surface area (Å²) in [6.45, 7) is 4.85. The Bertz CT molecular complexity index is 1820. The molecule has 1 atom stereocenters. The van der Waals surface area contributed by atoms with Crippen molar-refractivity contribution in [2.45, 2.75) is 50.1 Å². The number of aromatic nitrogens is 1. The van der Waals surface area contributed by atoms with Crippen LogP contribution in [0.5, 0.6) is 5.88 Å². The second-order valence-electron chi connectivity index (χ2n) is 12.2. The van der Waals surface area contributed by atoms with Gasteiger partial charge in [-0.15, -0.1) is 0 Å². The number of ether oxygens (including phenoxy) is 1. The van der Waals surface area contributed by atoms with Gasteiger partial charge in [-0.3, -0.25) is 4.90 Å². The molecule has 9 heteroatoms. The highest BCUT2D eigenvalue weighted by atomic mass is 35.5. The van der Waals surface area contributed by atoms with Gasteiger partial charge in [0.2, 0.25) is 5.88 Å². The molecule has 0 bridgehead atoms. The van der Waals surface area contributed by atoms with Crippen LogP contribution in [0.25, 0.3) is 32.8 Å². The molecule has 0 radical (unpaired) electrons. The van der Waals surface area contributed by atoms with Crippen LogP contribution >= 0.6 is 11.6 Å². The first-order valence-electron chi connectivity index (χ1n) is 15.5. The lowest BCUT2D eigenvalue weighted by molar-refractivity contribution is 0.110. The standard InChI is InChI=1S/C35H34ClFN6O/c36-32-29(37)9-7-23-4-1-5-26(31(23)32)24-6-8-27-30(20-24)41-34(44-22-35-12-2-17-43(35)18-3-13-35)28(11-15-39)33(27)42-19-16-40-25(21-42)10-14-38/h1,4-9,20,25,40H,2-3,10-13,16-19,21-22H2/t25-/m0/s1. The minimum atomic E-state index is -0.456. The van der Waals surface area contributed by atoms with E-state index in [0.717, 1.165) is 77.7 Å². The first kappa shape index (κ1) is 28.8. The van der Waals surface area contributed by atoms with E-state index in [2.05, 4.69) is 27.3 Å². The average Bonchev–Trinajstić information content (AvgIpc) is 3.62. The Hall–Kier alpha value is -3.95. The van der Waals surface area contributed by atoms with E-state index in [1.54, 1.807) is 6.07 Å². The third-order valence-corrected chi connectivity index (χ3v) is 10.1. The summed E-state index contributed by atoms with van der Waals surface area (Å²) >= 11 is 6.51. The number of pyridine rings is 1. The molecule has 44 heavy (non-hydrogen) atoms. The number of piperazine rings is 1. The Morgan fingerprint density at radius 3 is 2.70 bits per heavy atom. The van der Waals surface area contributed by atoms with Gasteiger partial charge in [-0.1, -0.05) is 48.0 Å². The van der Waals surface area contributed by atoms with Crippen molar-refractivity contribution in [1.82, 2.24) is 15.2 Å². The van der Waals surface area contributed by atoms with E-state index in [1.807, 2.05) is 36.4 Å². The van der Waals surface area contributed by atoms with Gasteiger partial charge in [0.1, 0.15) is 12.4 Å². The topological polar surface area (TPSA) is 88.2 Å². The molecule has 4 heterocycles. The highest BCUT2D eigenvalue weighted by molar-refractivity contribution is 6.36. The van der Waals surface area contributed by atoms with Gasteiger partial charge >= 0.3 is 0 Å². The van der Waals surface area contributed by atoms with Crippen LogP contribution in [0.3, 0.4) is 0 Å². The highest BCUT2D eigenvalue weighted by Crippen LogP contribution is 2.43. The van der Waals surface area contributed by atoms with Crippen molar-refractivity contribution >= 4 is 39.0 Å². The van der Waals surface area contributed by atoms with Crippen molar-refractivity contribution in [3.05, 3.63) is 64.9 Å². The Morgan fingerprint density at radius 1 is 1.07 bits per heavy atom. The monoisotopic (exact) mass is 608 g/mol. The molecule has 1 N–H and O–H groups in total. The molecule has 0 unspecified atom stereocenters. The molecule has 7 nitrogen and oxygen atoms in total. The number of benzene rings is 3. The number of fused-ring (bicyclic) bond motifs is 3. The number of nitrogens with one attached hydrogen (secondary N) is 1. The maximum absolute atomic E-state index is 14.6. The van der Waals surface area contributed by atoms with Crippen LogP contribution in [0, 0.1) is 28.5 Å².